The van der Waals surface area contributed by atoms with Gasteiger partial charge in [-0.15, -0.1) is 0 Å². The molecule has 0 aliphatic carbocycles. The third-order valence-electron chi connectivity index (χ3n) is 2.87. The van der Waals surface area contributed by atoms with Gasteiger partial charge in [-0.1, -0.05) is 17.7 Å². The van der Waals surface area contributed by atoms with Gasteiger partial charge in [0.15, 0.2) is 0 Å². The van der Waals surface area contributed by atoms with Crippen LogP contribution in [0.4, 0.5) is 0 Å². The minimum atomic E-state index is 0.233. The molecule has 0 spiro atoms. The van der Waals surface area contributed by atoms with Crippen molar-refractivity contribution in [2.24, 2.45) is 7.05 Å². The van der Waals surface area contributed by atoms with E-state index in [-0.39, 0.29) is 5.28 Å². The van der Waals surface area contributed by atoms with E-state index in [1.165, 1.54) is 0 Å². The van der Waals surface area contributed by atoms with Crippen LogP contribution in [0.1, 0.15) is 0 Å². The van der Waals surface area contributed by atoms with E-state index in [4.69, 9.17) is 23.2 Å². The van der Waals surface area contributed by atoms with E-state index in [0.717, 1.165) is 22.2 Å². The normalized spacial score (nSPS) is 11.1. The zero-order valence-corrected chi connectivity index (χ0v) is 11.1. The maximum atomic E-state index is 6.28. The lowest BCUT2D eigenvalue weighted by Gasteiger charge is -2.00. The van der Waals surface area contributed by atoms with Gasteiger partial charge in [0.25, 0.3) is 0 Å². The van der Waals surface area contributed by atoms with E-state index in [9.17, 15) is 0 Å². The van der Waals surface area contributed by atoms with Crippen LogP contribution in [0, 0.1) is 0 Å². The second-order valence-corrected chi connectivity index (χ2v) is 4.74. The van der Waals surface area contributed by atoms with Crippen LogP contribution in [0.15, 0.2) is 36.7 Å². The van der Waals surface area contributed by atoms with Gasteiger partial charge in [-0.2, -0.15) is 0 Å². The fourth-order valence-corrected chi connectivity index (χ4v) is 2.50. The minimum Gasteiger partial charge on any atom is -0.350 e. The Kier molecular flexibility index (Phi) is 2.73. The highest BCUT2D eigenvalue weighted by Gasteiger charge is 2.12. The summed E-state index contributed by atoms with van der Waals surface area (Å²) in [6.07, 6.45) is 3.63. The maximum absolute atomic E-state index is 6.28. The Morgan fingerprint density at radius 3 is 2.78 bits per heavy atom. The summed E-state index contributed by atoms with van der Waals surface area (Å²) in [5, 5.41) is 1.92. The first-order valence-electron chi connectivity index (χ1n) is 5.39. The van der Waals surface area contributed by atoms with E-state index >= 15 is 0 Å². The van der Waals surface area contributed by atoms with Gasteiger partial charge < -0.3 is 4.57 Å². The molecule has 0 unspecified atom stereocenters. The third kappa shape index (κ3) is 1.76. The van der Waals surface area contributed by atoms with Crippen LogP contribution in [0.25, 0.3) is 22.2 Å². The fraction of sp³-hybridized carbons (Fsp3) is 0.0769. The van der Waals surface area contributed by atoms with Crippen molar-refractivity contribution in [2.75, 3.05) is 0 Å². The molecule has 0 aliphatic heterocycles. The van der Waals surface area contributed by atoms with Crippen LogP contribution in [0.2, 0.25) is 10.3 Å². The Bertz CT molecular complexity index is 734. The topological polar surface area (TPSA) is 30.7 Å². The number of nitrogens with zero attached hydrogens (tertiary/aromatic N) is 3. The molecule has 0 N–H and O–H groups in total. The van der Waals surface area contributed by atoms with Gasteiger partial charge in [0, 0.05) is 35.9 Å². The molecule has 1 aromatic carbocycles. The van der Waals surface area contributed by atoms with Crippen LogP contribution in [0.3, 0.4) is 0 Å². The van der Waals surface area contributed by atoms with Gasteiger partial charge in [-0.05, 0) is 29.8 Å². The molecule has 0 saturated carbocycles. The van der Waals surface area contributed by atoms with E-state index in [2.05, 4.69) is 9.97 Å². The monoisotopic (exact) mass is 277 g/mol. The van der Waals surface area contributed by atoms with E-state index in [1.54, 1.807) is 6.20 Å². The number of halogens is 2. The zero-order chi connectivity index (χ0) is 12.7. The quantitative estimate of drug-likeness (QED) is 0.631. The molecule has 2 heterocycles. The van der Waals surface area contributed by atoms with Crippen LogP contribution in [-0.4, -0.2) is 14.5 Å². The smallest absolute Gasteiger partial charge is 0.222 e. The molecule has 3 aromatic rings. The number of hydrogen-bond donors (Lipinski definition) is 0. The molecule has 0 fully saturated rings. The zero-order valence-electron chi connectivity index (χ0n) is 9.56. The Hall–Kier alpha value is -1.58. The summed E-state index contributed by atoms with van der Waals surface area (Å²) >= 11 is 12.1. The molecule has 5 heteroatoms. The third-order valence-corrected chi connectivity index (χ3v) is 3.36. The van der Waals surface area contributed by atoms with E-state index < -0.39 is 0 Å². The van der Waals surface area contributed by atoms with Crippen molar-refractivity contribution >= 4 is 34.1 Å². The van der Waals surface area contributed by atoms with E-state index in [1.807, 2.05) is 42.1 Å². The summed E-state index contributed by atoms with van der Waals surface area (Å²) in [4.78, 5) is 8.12. The highest BCUT2D eigenvalue weighted by atomic mass is 35.5. The molecule has 3 nitrogen and oxygen atoms in total. The largest absolute Gasteiger partial charge is 0.350 e. The molecule has 2 aromatic heterocycles. The first-order chi connectivity index (χ1) is 8.66. The lowest BCUT2D eigenvalue weighted by Crippen LogP contribution is -1.85. The molecule has 0 aliphatic rings. The second-order valence-electron chi connectivity index (χ2n) is 4.00. The predicted octanol–water partition coefficient (Wildman–Crippen LogP) is 3.94. The highest BCUT2D eigenvalue weighted by Crippen LogP contribution is 2.34. The van der Waals surface area contributed by atoms with Gasteiger partial charge in [0.05, 0.1) is 10.7 Å². The first-order valence-corrected chi connectivity index (χ1v) is 6.15. The molecule has 0 bridgehead atoms. The first kappa shape index (κ1) is 11.5. The van der Waals surface area contributed by atoms with Crippen LogP contribution in [-0.2, 0) is 7.05 Å². The fourth-order valence-electron chi connectivity index (χ4n) is 2.08. The van der Waals surface area contributed by atoms with E-state index in [0.29, 0.717) is 5.02 Å². The summed E-state index contributed by atoms with van der Waals surface area (Å²) in [6.45, 7) is 0. The van der Waals surface area contributed by atoms with Gasteiger partial charge in [-0.3, -0.25) is 0 Å². The van der Waals surface area contributed by atoms with Crippen molar-refractivity contribution in [3.8, 4) is 11.3 Å². The van der Waals surface area contributed by atoms with Crippen molar-refractivity contribution in [1.29, 1.82) is 0 Å². The Balaban J connectivity index is 2.36. The standard InChI is InChI=1S/C13H9Cl2N3/c1-18-7-8(10-5-6-16-13(15)17-10)12-9(14)3-2-4-11(12)18/h2-7H,1H3. The molecule has 0 atom stereocenters. The van der Waals surface area contributed by atoms with Gasteiger partial charge in [-0.25, -0.2) is 9.97 Å². The molecule has 90 valence electrons. The molecule has 0 saturated heterocycles. The summed E-state index contributed by atoms with van der Waals surface area (Å²) in [5.41, 5.74) is 2.79. The van der Waals surface area contributed by atoms with Crippen molar-refractivity contribution in [1.82, 2.24) is 14.5 Å². The van der Waals surface area contributed by atoms with Crippen LogP contribution in [0.5, 0.6) is 0 Å². The maximum Gasteiger partial charge on any atom is 0.222 e. The Morgan fingerprint density at radius 2 is 2.00 bits per heavy atom. The van der Waals surface area contributed by atoms with Crippen molar-refractivity contribution in [2.45, 2.75) is 0 Å². The Labute approximate surface area is 114 Å². The molecule has 3 rings (SSSR count). The summed E-state index contributed by atoms with van der Waals surface area (Å²) in [7, 11) is 1.98. The summed E-state index contributed by atoms with van der Waals surface area (Å²) < 4.78 is 2.02. The summed E-state index contributed by atoms with van der Waals surface area (Å²) in [5.74, 6) is 0. The van der Waals surface area contributed by atoms with Gasteiger partial charge in [0.1, 0.15) is 0 Å². The lowest BCUT2D eigenvalue weighted by atomic mass is 10.1. The van der Waals surface area contributed by atoms with Crippen molar-refractivity contribution in [3.05, 3.63) is 47.0 Å². The number of fused-ring (bicyclic) bond motifs is 1. The van der Waals surface area contributed by atoms with Gasteiger partial charge in [0.2, 0.25) is 5.28 Å². The number of aryl methyl sites for hydroxylation is 1. The Morgan fingerprint density at radius 1 is 1.17 bits per heavy atom. The van der Waals surface area contributed by atoms with Crippen molar-refractivity contribution < 1.29 is 0 Å². The predicted molar refractivity (Wildman–Crippen MR) is 74.0 cm³/mol. The highest BCUT2D eigenvalue weighted by molar-refractivity contribution is 6.36. The van der Waals surface area contributed by atoms with Crippen LogP contribution < -0.4 is 0 Å². The second kappa shape index (κ2) is 4.26. The number of hydrogen-bond acceptors (Lipinski definition) is 2. The SMILES string of the molecule is Cn1cc(-c2ccnc(Cl)n2)c2c(Cl)cccc21. The molecular formula is C13H9Cl2N3. The summed E-state index contributed by atoms with van der Waals surface area (Å²) in [6, 6.07) is 7.65. The number of benzene rings is 1. The molecule has 0 radical (unpaired) electrons. The molecular weight excluding hydrogens is 269 g/mol. The molecule has 18 heavy (non-hydrogen) atoms. The molecule has 0 amide bonds. The average molecular weight is 278 g/mol. The number of rotatable bonds is 1. The lowest BCUT2D eigenvalue weighted by molar-refractivity contribution is 0.969. The van der Waals surface area contributed by atoms with Crippen LogP contribution >= 0.6 is 23.2 Å². The minimum absolute atomic E-state index is 0.233. The average Bonchev–Trinajstić information content (AvgIpc) is 2.69. The number of aromatic nitrogens is 3. The van der Waals surface area contributed by atoms with Crippen molar-refractivity contribution in [3.63, 3.8) is 0 Å². The van der Waals surface area contributed by atoms with Gasteiger partial charge >= 0.3 is 0 Å².